The lowest BCUT2D eigenvalue weighted by Gasteiger charge is -2.55. The number of nitrogens with zero attached hydrogens (tertiary/aromatic N) is 2. The van der Waals surface area contributed by atoms with Gasteiger partial charge in [0.2, 0.25) is 0 Å². The summed E-state index contributed by atoms with van der Waals surface area (Å²) in [6, 6.07) is 0. The van der Waals surface area contributed by atoms with E-state index in [-0.39, 0.29) is 5.60 Å². The minimum absolute atomic E-state index is 0.0231. The van der Waals surface area contributed by atoms with E-state index in [0.717, 1.165) is 18.8 Å². The molecular formula is C26H48N2O2. The Morgan fingerprint density at radius 3 is 1.93 bits per heavy atom. The highest BCUT2D eigenvalue weighted by Gasteiger charge is 2.47. The monoisotopic (exact) mass is 420 g/mol. The maximum absolute atomic E-state index is 6.38. The van der Waals surface area contributed by atoms with Gasteiger partial charge in [0.15, 0.2) is 0 Å². The van der Waals surface area contributed by atoms with Gasteiger partial charge >= 0.3 is 0 Å². The molecule has 2 aliphatic heterocycles. The predicted octanol–water partition coefficient (Wildman–Crippen LogP) is 5.10. The van der Waals surface area contributed by atoms with Gasteiger partial charge in [-0.2, -0.15) is 0 Å². The van der Waals surface area contributed by atoms with E-state index in [1.54, 1.807) is 0 Å². The molecule has 0 N–H and O–H groups in total. The van der Waals surface area contributed by atoms with Gasteiger partial charge < -0.3 is 14.4 Å². The van der Waals surface area contributed by atoms with E-state index in [4.69, 9.17) is 9.47 Å². The fourth-order valence-corrected chi connectivity index (χ4v) is 6.44. The lowest BCUT2D eigenvalue weighted by Crippen LogP contribution is -2.54. The van der Waals surface area contributed by atoms with Crippen molar-refractivity contribution in [2.45, 2.75) is 122 Å². The smallest absolute Gasteiger partial charge is 0.0631 e. The van der Waals surface area contributed by atoms with E-state index in [0.29, 0.717) is 29.3 Å². The Hall–Kier alpha value is -0.160. The summed E-state index contributed by atoms with van der Waals surface area (Å²) >= 11 is 0. The molecule has 0 atom stereocenters. The van der Waals surface area contributed by atoms with Crippen molar-refractivity contribution in [3.05, 3.63) is 0 Å². The summed E-state index contributed by atoms with van der Waals surface area (Å²) in [6.07, 6.45) is 11.8. The summed E-state index contributed by atoms with van der Waals surface area (Å²) in [5, 5.41) is 0. The summed E-state index contributed by atoms with van der Waals surface area (Å²) in [5.74, 6) is 0.950. The van der Waals surface area contributed by atoms with Gasteiger partial charge in [-0.05, 0) is 117 Å². The summed E-state index contributed by atoms with van der Waals surface area (Å²) in [7, 11) is 0. The molecule has 2 aliphatic carbocycles. The first kappa shape index (κ1) is 23.0. The molecule has 1 spiro atoms. The van der Waals surface area contributed by atoms with Crippen molar-refractivity contribution in [1.29, 1.82) is 0 Å². The highest BCUT2D eigenvalue weighted by atomic mass is 16.5. The molecule has 0 aromatic rings. The van der Waals surface area contributed by atoms with Crippen LogP contribution in [0.1, 0.15) is 92.9 Å². The Morgan fingerprint density at radius 2 is 1.40 bits per heavy atom. The molecule has 2 saturated heterocycles. The van der Waals surface area contributed by atoms with Crippen LogP contribution in [0.5, 0.6) is 0 Å². The van der Waals surface area contributed by atoms with Crippen molar-refractivity contribution in [3.8, 4) is 0 Å². The molecule has 4 aliphatic rings. The van der Waals surface area contributed by atoms with Crippen molar-refractivity contribution in [2.24, 2.45) is 11.3 Å². The number of ether oxygens (including phenoxy) is 2. The predicted molar refractivity (Wildman–Crippen MR) is 124 cm³/mol. The lowest BCUT2D eigenvalue weighted by molar-refractivity contribution is -0.168. The molecular weight excluding hydrogens is 372 g/mol. The molecule has 0 aromatic carbocycles. The molecule has 4 heteroatoms. The van der Waals surface area contributed by atoms with E-state index in [1.165, 1.54) is 71.2 Å². The molecule has 4 nitrogen and oxygen atoms in total. The molecule has 0 bridgehead atoms. The minimum Gasteiger partial charge on any atom is -0.375 e. The number of likely N-dealkylation sites (tertiary alicyclic amines) is 2. The van der Waals surface area contributed by atoms with E-state index in [2.05, 4.69) is 51.3 Å². The quantitative estimate of drug-likeness (QED) is 0.617. The van der Waals surface area contributed by atoms with E-state index >= 15 is 0 Å². The van der Waals surface area contributed by atoms with Crippen molar-refractivity contribution in [3.63, 3.8) is 0 Å². The van der Waals surface area contributed by atoms with Crippen LogP contribution in [-0.4, -0.2) is 72.0 Å². The summed E-state index contributed by atoms with van der Waals surface area (Å²) in [5.41, 5.74) is 1.02. The lowest BCUT2D eigenvalue weighted by atomic mass is 9.57. The summed E-state index contributed by atoms with van der Waals surface area (Å²) < 4.78 is 12.4. The van der Waals surface area contributed by atoms with Gasteiger partial charge in [-0.25, -0.2) is 0 Å². The molecule has 2 saturated carbocycles. The van der Waals surface area contributed by atoms with Crippen LogP contribution in [0.4, 0.5) is 0 Å². The van der Waals surface area contributed by atoms with E-state index in [1.807, 2.05) is 0 Å². The van der Waals surface area contributed by atoms with Crippen molar-refractivity contribution in [2.75, 3.05) is 32.7 Å². The Kier molecular flexibility index (Phi) is 6.63. The third-order valence-corrected chi connectivity index (χ3v) is 8.22. The number of hydrogen-bond acceptors (Lipinski definition) is 4. The maximum atomic E-state index is 6.38. The van der Waals surface area contributed by atoms with Crippen LogP contribution in [0.3, 0.4) is 0 Å². The van der Waals surface area contributed by atoms with Crippen molar-refractivity contribution in [1.82, 2.24) is 9.80 Å². The average molecular weight is 421 g/mol. The zero-order chi connectivity index (χ0) is 21.6. The van der Waals surface area contributed by atoms with Gasteiger partial charge in [0.1, 0.15) is 0 Å². The van der Waals surface area contributed by atoms with Crippen molar-refractivity contribution < 1.29 is 9.47 Å². The number of rotatable bonds is 5. The third kappa shape index (κ3) is 5.79. The maximum Gasteiger partial charge on any atom is 0.0631 e. The molecule has 0 radical (unpaired) electrons. The van der Waals surface area contributed by atoms with Crippen LogP contribution in [-0.2, 0) is 9.47 Å². The van der Waals surface area contributed by atoms with Gasteiger partial charge in [-0.1, -0.05) is 0 Å². The first-order valence-corrected chi connectivity index (χ1v) is 12.8. The number of piperidine rings is 2. The Morgan fingerprint density at radius 1 is 0.800 bits per heavy atom. The summed E-state index contributed by atoms with van der Waals surface area (Å²) in [4.78, 5) is 5.42. The fourth-order valence-electron chi connectivity index (χ4n) is 6.44. The highest BCUT2D eigenvalue weighted by molar-refractivity contribution is 4.99. The van der Waals surface area contributed by atoms with Gasteiger partial charge in [-0.3, -0.25) is 4.90 Å². The first-order chi connectivity index (χ1) is 14.0. The largest absolute Gasteiger partial charge is 0.375 e. The molecule has 174 valence electrons. The zero-order valence-electron chi connectivity index (χ0n) is 20.7. The van der Waals surface area contributed by atoms with Crippen LogP contribution >= 0.6 is 0 Å². The fraction of sp³-hybridized carbons (Fsp3) is 1.00. The molecule has 4 rings (SSSR count). The average Bonchev–Trinajstić information content (AvgIpc) is 2.58. The molecule has 0 amide bonds. The molecule has 4 fully saturated rings. The first-order valence-electron chi connectivity index (χ1n) is 12.8. The van der Waals surface area contributed by atoms with Crippen LogP contribution in [0, 0.1) is 11.3 Å². The molecule has 0 unspecified atom stereocenters. The Bertz CT molecular complexity index is 549. The second-order valence-corrected chi connectivity index (χ2v) is 13.0. The summed E-state index contributed by atoms with van der Waals surface area (Å²) in [6.45, 7) is 20.0. The van der Waals surface area contributed by atoms with Crippen LogP contribution < -0.4 is 0 Å². The Balaban J connectivity index is 1.08. The van der Waals surface area contributed by atoms with Crippen molar-refractivity contribution >= 4 is 0 Å². The second-order valence-electron chi connectivity index (χ2n) is 13.0. The minimum atomic E-state index is -0.0231. The van der Waals surface area contributed by atoms with Crippen LogP contribution in [0.15, 0.2) is 0 Å². The standard InChI is InChI=1S/C26H48N2O2/c1-24(2,3)28-13-9-26(10-14-28)17-20(18-26)19-27-11-7-21(8-12-27)29-22-15-23(16-22)30-25(4,5)6/h20-23H,7-19H2,1-6H3. The third-order valence-electron chi connectivity index (χ3n) is 8.22. The highest BCUT2D eigenvalue weighted by Crippen LogP contribution is 2.53. The SMILES string of the molecule is CC(C)(C)OC1CC(OC2CCN(CC3CC4(CCN(C(C)(C)C)CC4)C3)CC2)C1. The van der Waals surface area contributed by atoms with Crippen LogP contribution in [0.2, 0.25) is 0 Å². The van der Waals surface area contributed by atoms with Gasteiger partial charge in [0.05, 0.1) is 23.9 Å². The van der Waals surface area contributed by atoms with Gasteiger partial charge in [0.25, 0.3) is 0 Å². The number of hydrogen-bond donors (Lipinski definition) is 0. The molecule has 0 aromatic heterocycles. The van der Waals surface area contributed by atoms with Gasteiger partial charge in [-0.15, -0.1) is 0 Å². The van der Waals surface area contributed by atoms with E-state index < -0.39 is 0 Å². The Labute approximate surface area is 186 Å². The topological polar surface area (TPSA) is 24.9 Å². The van der Waals surface area contributed by atoms with Crippen LogP contribution in [0.25, 0.3) is 0 Å². The van der Waals surface area contributed by atoms with E-state index in [9.17, 15) is 0 Å². The van der Waals surface area contributed by atoms with Gasteiger partial charge in [0, 0.05) is 25.2 Å². The molecule has 2 heterocycles. The second kappa shape index (κ2) is 8.65. The molecule has 30 heavy (non-hydrogen) atoms. The normalized spacial score (nSPS) is 32.2. The zero-order valence-corrected chi connectivity index (χ0v) is 20.7.